The van der Waals surface area contributed by atoms with Gasteiger partial charge in [-0.25, -0.2) is 4.79 Å². The first-order chi connectivity index (χ1) is 15.0. The molecule has 3 aromatic rings. The second kappa shape index (κ2) is 10.8. The maximum Gasteiger partial charge on any atom is 0.513 e. The highest BCUT2D eigenvalue weighted by Gasteiger charge is 2.16. The van der Waals surface area contributed by atoms with Crippen molar-refractivity contribution in [1.82, 2.24) is 14.8 Å². The minimum absolute atomic E-state index is 0.218. The number of carbonyl (C=O) groups is 2. The van der Waals surface area contributed by atoms with Gasteiger partial charge < -0.3 is 9.47 Å². The van der Waals surface area contributed by atoms with Crippen LogP contribution in [0.2, 0.25) is 5.02 Å². The predicted octanol–water partition coefficient (Wildman–Crippen LogP) is 5.03. The van der Waals surface area contributed by atoms with Crippen molar-refractivity contribution in [2.75, 3.05) is 11.9 Å². The van der Waals surface area contributed by atoms with Gasteiger partial charge in [-0.1, -0.05) is 41.6 Å². The monoisotopic (exact) mass is 460 g/mol. The van der Waals surface area contributed by atoms with Crippen molar-refractivity contribution in [2.24, 2.45) is 0 Å². The van der Waals surface area contributed by atoms with E-state index in [4.69, 9.17) is 21.1 Å². The number of nitrogens with one attached hydrogen (secondary N) is 1. The summed E-state index contributed by atoms with van der Waals surface area (Å²) in [6.07, 6.45) is -0.794. The largest absolute Gasteiger partial charge is 0.513 e. The molecule has 162 valence electrons. The smallest absolute Gasteiger partial charge is 0.434 e. The lowest BCUT2D eigenvalue weighted by Crippen LogP contribution is -2.16. The predicted molar refractivity (Wildman–Crippen MR) is 119 cm³/mol. The molecule has 0 spiro atoms. The van der Waals surface area contributed by atoms with Crippen molar-refractivity contribution >= 4 is 41.4 Å². The number of rotatable bonds is 8. The molecule has 0 atom stereocenters. The number of carbonyl (C=O) groups excluding carboxylic acids is 2. The van der Waals surface area contributed by atoms with Crippen molar-refractivity contribution < 1.29 is 19.1 Å². The first-order valence-corrected chi connectivity index (χ1v) is 10.9. The van der Waals surface area contributed by atoms with Crippen molar-refractivity contribution in [2.45, 2.75) is 31.3 Å². The van der Waals surface area contributed by atoms with Gasteiger partial charge in [0.15, 0.2) is 5.16 Å². The summed E-state index contributed by atoms with van der Waals surface area (Å²) >= 11 is 7.70. The second-order valence-corrected chi connectivity index (χ2v) is 7.54. The van der Waals surface area contributed by atoms with Crippen LogP contribution in [0, 0.1) is 0 Å². The molecule has 0 radical (unpaired) electrons. The van der Waals surface area contributed by atoms with Crippen molar-refractivity contribution in [3.8, 4) is 5.75 Å². The van der Waals surface area contributed by atoms with Gasteiger partial charge in [0.2, 0.25) is 5.95 Å². The number of anilines is 1. The number of nitrogens with zero attached hydrogens (tertiary/aromatic N) is 3. The van der Waals surface area contributed by atoms with Crippen molar-refractivity contribution in [1.29, 1.82) is 0 Å². The van der Waals surface area contributed by atoms with E-state index in [0.717, 1.165) is 5.56 Å². The Kier molecular flexibility index (Phi) is 7.91. The highest BCUT2D eigenvalue weighted by molar-refractivity contribution is 7.98. The fourth-order valence-corrected chi connectivity index (χ4v) is 3.91. The minimum Gasteiger partial charge on any atom is -0.434 e. The van der Waals surface area contributed by atoms with E-state index in [-0.39, 0.29) is 18.3 Å². The fraction of sp³-hybridized carbons (Fsp3) is 0.238. The maximum atomic E-state index is 12.6. The van der Waals surface area contributed by atoms with Gasteiger partial charge in [-0.3, -0.25) is 14.7 Å². The van der Waals surface area contributed by atoms with Gasteiger partial charge in [0.05, 0.1) is 6.61 Å². The molecule has 0 aliphatic rings. The molecule has 0 unspecified atom stereocenters. The maximum absolute atomic E-state index is 12.6. The Balaban J connectivity index is 1.65. The normalized spacial score (nSPS) is 10.5. The van der Waals surface area contributed by atoms with Gasteiger partial charge in [-0.15, -0.1) is 10.2 Å². The molecule has 0 aliphatic carbocycles. The van der Waals surface area contributed by atoms with Crippen LogP contribution in [0.1, 0.15) is 29.8 Å². The van der Waals surface area contributed by atoms with Crippen LogP contribution in [-0.4, -0.2) is 33.4 Å². The Morgan fingerprint density at radius 2 is 1.84 bits per heavy atom. The van der Waals surface area contributed by atoms with E-state index in [1.807, 2.05) is 35.8 Å². The summed E-state index contributed by atoms with van der Waals surface area (Å²) in [6.45, 7) is 4.43. The Bertz CT molecular complexity index is 1060. The average Bonchev–Trinajstić information content (AvgIpc) is 3.15. The van der Waals surface area contributed by atoms with E-state index in [9.17, 15) is 9.59 Å². The topological polar surface area (TPSA) is 95.3 Å². The van der Waals surface area contributed by atoms with Crippen LogP contribution in [0.25, 0.3) is 0 Å². The van der Waals surface area contributed by atoms with Crippen molar-refractivity contribution in [3.63, 3.8) is 0 Å². The number of aromatic nitrogens is 3. The van der Waals surface area contributed by atoms with Crippen LogP contribution >= 0.6 is 23.4 Å². The standard InChI is InChI=1S/C21H21ClN4O4S/c1-3-26-19(24-25-20(26)31-13-15-7-5-6-8-17(15)22)23-18(27)14-9-11-16(12-10-14)30-21(28)29-4-2/h5-12H,3-4,13H2,1-2H3,(H,23,24,27). The Labute approximate surface area is 188 Å². The summed E-state index contributed by atoms with van der Waals surface area (Å²) in [5.41, 5.74) is 1.38. The Morgan fingerprint density at radius 3 is 2.52 bits per heavy atom. The lowest BCUT2D eigenvalue weighted by atomic mass is 10.2. The molecule has 1 amide bonds. The molecule has 31 heavy (non-hydrogen) atoms. The molecule has 0 aliphatic heterocycles. The van der Waals surface area contributed by atoms with Gasteiger partial charge in [0, 0.05) is 22.9 Å². The van der Waals surface area contributed by atoms with Gasteiger partial charge in [-0.2, -0.15) is 0 Å². The van der Waals surface area contributed by atoms with Gasteiger partial charge >= 0.3 is 6.16 Å². The van der Waals surface area contributed by atoms with Crippen LogP contribution in [-0.2, 0) is 17.0 Å². The van der Waals surface area contributed by atoms with Gasteiger partial charge in [0.25, 0.3) is 5.91 Å². The first kappa shape index (κ1) is 22.6. The van der Waals surface area contributed by atoms with Crippen LogP contribution in [0.4, 0.5) is 10.7 Å². The highest BCUT2D eigenvalue weighted by atomic mass is 35.5. The third-order valence-corrected chi connectivity index (χ3v) is 5.54. The zero-order valence-electron chi connectivity index (χ0n) is 17.0. The van der Waals surface area contributed by atoms with Crippen molar-refractivity contribution in [3.05, 3.63) is 64.7 Å². The summed E-state index contributed by atoms with van der Waals surface area (Å²) in [5.74, 6) is 0.909. The molecule has 2 aromatic carbocycles. The van der Waals surface area contributed by atoms with Crippen LogP contribution < -0.4 is 10.1 Å². The molecule has 3 rings (SSSR count). The number of halogens is 1. The lowest BCUT2D eigenvalue weighted by molar-refractivity contribution is 0.102. The number of hydrogen-bond acceptors (Lipinski definition) is 7. The number of thioether (sulfide) groups is 1. The third-order valence-electron chi connectivity index (χ3n) is 4.15. The van der Waals surface area contributed by atoms with E-state index in [1.165, 1.54) is 23.9 Å². The number of amides is 1. The summed E-state index contributed by atoms with van der Waals surface area (Å²) in [7, 11) is 0. The first-order valence-electron chi connectivity index (χ1n) is 9.57. The van der Waals surface area contributed by atoms with E-state index in [1.54, 1.807) is 19.1 Å². The zero-order valence-corrected chi connectivity index (χ0v) is 18.6. The molecule has 10 heteroatoms. The number of hydrogen-bond donors (Lipinski definition) is 1. The highest BCUT2D eigenvalue weighted by Crippen LogP contribution is 2.27. The molecule has 1 N–H and O–H groups in total. The van der Waals surface area contributed by atoms with Crippen LogP contribution in [0.5, 0.6) is 5.75 Å². The minimum atomic E-state index is -0.794. The summed E-state index contributed by atoms with van der Waals surface area (Å²) in [5, 5.41) is 12.4. The van der Waals surface area contributed by atoms with E-state index >= 15 is 0 Å². The van der Waals surface area contributed by atoms with Gasteiger partial charge in [0.1, 0.15) is 5.75 Å². The molecular weight excluding hydrogens is 440 g/mol. The molecule has 1 heterocycles. The summed E-state index contributed by atoms with van der Waals surface area (Å²) in [4.78, 5) is 24.0. The van der Waals surface area contributed by atoms with Gasteiger partial charge in [-0.05, 0) is 49.7 Å². The summed E-state index contributed by atoms with van der Waals surface area (Å²) in [6, 6.07) is 13.7. The third kappa shape index (κ3) is 5.99. The molecule has 8 nitrogen and oxygen atoms in total. The molecule has 0 bridgehead atoms. The quantitative estimate of drug-likeness (QED) is 0.286. The fourth-order valence-electron chi connectivity index (χ4n) is 2.62. The molecule has 0 saturated heterocycles. The van der Waals surface area contributed by atoms with E-state index in [0.29, 0.717) is 34.0 Å². The Hall–Kier alpha value is -3.04. The molecule has 0 fully saturated rings. The molecule has 1 aromatic heterocycles. The van der Waals surface area contributed by atoms with Crippen LogP contribution in [0.3, 0.4) is 0 Å². The second-order valence-electron chi connectivity index (χ2n) is 6.19. The lowest BCUT2D eigenvalue weighted by Gasteiger charge is -2.09. The van der Waals surface area contributed by atoms with Crippen LogP contribution in [0.15, 0.2) is 53.7 Å². The SMILES string of the molecule is CCOC(=O)Oc1ccc(C(=O)Nc2nnc(SCc3ccccc3Cl)n2CC)cc1. The summed E-state index contributed by atoms with van der Waals surface area (Å²) < 4.78 is 11.5. The zero-order chi connectivity index (χ0) is 22.2. The van der Waals surface area contributed by atoms with E-state index < -0.39 is 6.16 Å². The number of benzene rings is 2. The number of ether oxygens (including phenoxy) is 2. The van der Waals surface area contributed by atoms with E-state index in [2.05, 4.69) is 15.5 Å². The molecule has 0 saturated carbocycles. The average molecular weight is 461 g/mol. The Morgan fingerprint density at radius 1 is 1.10 bits per heavy atom. The molecular formula is C21H21ClN4O4S.